The average Bonchev–Trinajstić information content (AvgIpc) is 3.33. The van der Waals surface area contributed by atoms with E-state index in [-0.39, 0.29) is 5.56 Å². The number of benzene rings is 3. The lowest BCUT2D eigenvalue weighted by molar-refractivity contribution is 0.0338. The first-order valence-corrected chi connectivity index (χ1v) is 12.1. The zero-order valence-corrected chi connectivity index (χ0v) is 21.1. The topological polar surface area (TPSA) is 114 Å². The molecule has 0 saturated heterocycles. The summed E-state index contributed by atoms with van der Waals surface area (Å²) in [7, 11) is 1.60. The summed E-state index contributed by atoms with van der Waals surface area (Å²) >= 11 is 0. The molecule has 10 heteroatoms. The van der Waals surface area contributed by atoms with Crippen molar-refractivity contribution in [3.05, 3.63) is 107 Å². The van der Waals surface area contributed by atoms with E-state index in [1.165, 1.54) is 0 Å². The molecular formula is C29H22N6O4. The van der Waals surface area contributed by atoms with E-state index in [9.17, 15) is 9.59 Å². The van der Waals surface area contributed by atoms with Gasteiger partial charge in [-0.15, -0.1) is 5.10 Å². The highest BCUT2D eigenvalue weighted by atomic mass is 16.5. The molecule has 0 saturated carbocycles. The van der Waals surface area contributed by atoms with Crippen LogP contribution in [-0.4, -0.2) is 42.8 Å². The Hall–Kier alpha value is -5.38. The van der Waals surface area contributed by atoms with Crippen LogP contribution in [0.5, 0.6) is 5.75 Å². The van der Waals surface area contributed by atoms with Gasteiger partial charge in [0.2, 0.25) is 0 Å². The summed E-state index contributed by atoms with van der Waals surface area (Å²) in [5.41, 5.74) is 3.58. The SMILES string of the molecule is COc1ccc(-c2cc(C(=O)OCn3nnc4ccccc4c3=O)c3c(C)nn(-c4ccccc4)c3n2)cc1. The molecule has 0 spiro atoms. The number of fused-ring (bicyclic) bond motifs is 2. The summed E-state index contributed by atoms with van der Waals surface area (Å²) in [4.78, 5) is 31.2. The van der Waals surface area contributed by atoms with Crippen molar-refractivity contribution in [1.82, 2.24) is 29.8 Å². The third-order valence-corrected chi connectivity index (χ3v) is 6.37. The van der Waals surface area contributed by atoms with Crippen LogP contribution in [-0.2, 0) is 11.5 Å². The summed E-state index contributed by atoms with van der Waals surface area (Å²) in [5.74, 6) is 0.0568. The number of aryl methyl sites for hydroxylation is 1. The number of nitrogens with zero attached hydrogens (tertiary/aromatic N) is 6. The van der Waals surface area contributed by atoms with E-state index in [0.717, 1.165) is 15.9 Å². The van der Waals surface area contributed by atoms with Crippen molar-refractivity contribution >= 4 is 27.9 Å². The molecule has 10 nitrogen and oxygen atoms in total. The number of hydrogen-bond donors (Lipinski definition) is 0. The molecule has 0 radical (unpaired) electrons. The van der Waals surface area contributed by atoms with Gasteiger partial charge in [-0.3, -0.25) is 4.79 Å². The largest absolute Gasteiger partial charge is 0.497 e. The van der Waals surface area contributed by atoms with E-state index in [4.69, 9.17) is 14.5 Å². The molecule has 6 aromatic rings. The highest BCUT2D eigenvalue weighted by Crippen LogP contribution is 2.30. The fraction of sp³-hybridized carbons (Fsp3) is 0.103. The van der Waals surface area contributed by atoms with Crippen molar-refractivity contribution in [2.45, 2.75) is 13.7 Å². The number of carbonyl (C=O) groups excluding carboxylic acids is 1. The fourth-order valence-electron chi connectivity index (χ4n) is 4.41. The summed E-state index contributed by atoms with van der Waals surface area (Å²) in [6, 6.07) is 25.5. The van der Waals surface area contributed by atoms with Crippen LogP contribution in [0.4, 0.5) is 0 Å². The Balaban J connectivity index is 1.44. The highest BCUT2D eigenvalue weighted by Gasteiger charge is 2.22. The maximum Gasteiger partial charge on any atom is 0.340 e. The van der Waals surface area contributed by atoms with Crippen LogP contribution in [0.2, 0.25) is 0 Å². The minimum atomic E-state index is -0.644. The molecule has 192 valence electrons. The Labute approximate surface area is 222 Å². The van der Waals surface area contributed by atoms with Crippen LogP contribution in [0.1, 0.15) is 16.1 Å². The lowest BCUT2D eigenvalue weighted by Crippen LogP contribution is -2.26. The molecule has 0 aliphatic heterocycles. The average molecular weight is 519 g/mol. The molecule has 0 atom stereocenters. The zero-order valence-electron chi connectivity index (χ0n) is 21.1. The van der Waals surface area contributed by atoms with Crippen LogP contribution in [0.15, 0.2) is 89.7 Å². The molecule has 0 aliphatic rings. The minimum absolute atomic E-state index is 0.271. The maximum atomic E-state index is 13.5. The van der Waals surface area contributed by atoms with Crippen LogP contribution in [0, 0.1) is 6.92 Å². The molecule has 0 amide bonds. The van der Waals surface area contributed by atoms with Gasteiger partial charge in [0, 0.05) is 5.56 Å². The highest BCUT2D eigenvalue weighted by molar-refractivity contribution is 6.05. The Kier molecular flexibility index (Phi) is 6.04. The molecule has 0 unspecified atom stereocenters. The molecule has 0 bridgehead atoms. The second-order valence-corrected chi connectivity index (χ2v) is 8.79. The van der Waals surface area contributed by atoms with Crippen molar-refractivity contribution in [2.75, 3.05) is 7.11 Å². The van der Waals surface area contributed by atoms with Gasteiger partial charge in [0.25, 0.3) is 5.56 Å². The smallest absolute Gasteiger partial charge is 0.340 e. The number of ether oxygens (including phenoxy) is 2. The van der Waals surface area contributed by atoms with Gasteiger partial charge >= 0.3 is 5.97 Å². The van der Waals surface area contributed by atoms with Gasteiger partial charge in [-0.25, -0.2) is 14.5 Å². The monoisotopic (exact) mass is 518 g/mol. The van der Waals surface area contributed by atoms with E-state index >= 15 is 0 Å². The second-order valence-electron chi connectivity index (χ2n) is 8.79. The summed E-state index contributed by atoms with van der Waals surface area (Å²) in [5, 5.41) is 13.6. The van der Waals surface area contributed by atoms with Gasteiger partial charge in [0.1, 0.15) is 11.3 Å². The van der Waals surface area contributed by atoms with Gasteiger partial charge in [0.15, 0.2) is 12.4 Å². The van der Waals surface area contributed by atoms with Crippen molar-refractivity contribution in [3.63, 3.8) is 0 Å². The van der Waals surface area contributed by atoms with Crippen molar-refractivity contribution in [2.24, 2.45) is 0 Å². The van der Waals surface area contributed by atoms with Crippen molar-refractivity contribution < 1.29 is 14.3 Å². The predicted molar refractivity (Wildman–Crippen MR) is 145 cm³/mol. The van der Waals surface area contributed by atoms with E-state index < -0.39 is 18.3 Å². The van der Waals surface area contributed by atoms with E-state index in [0.29, 0.717) is 39.1 Å². The molecule has 39 heavy (non-hydrogen) atoms. The van der Waals surface area contributed by atoms with Gasteiger partial charge in [-0.2, -0.15) is 9.78 Å². The van der Waals surface area contributed by atoms with Crippen LogP contribution in [0.25, 0.3) is 38.9 Å². The van der Waals surface area contributed by atoms with Gasteiger partial charge in [-0.1, -0.05) is 35.5 Å². The summed E-state index contributed by atoms with van der Waals surface area (Å²) in [6.45, 7) is 1.41. The first-order valence-electron chi connectivity index (χ1n) is 12.1. The first-order chi connectivity index (χ1) is 19.0. The molecule has 3 heterocycles. The number of pyridine rings is 1. The predicted octanol–water partition coefficient (Wildman–Crippen LogP) is 4.32. The molecule has 3 aromatic carbocycles. The van der Waals surface area contributed by atoms with Gasteiger partial charge in [-0.05, 0) is 61.5 Å². The lowest BCUT2D eigenvalue weighted by Gasteiger charge is -2.11. The number of esters is 1. The Bertz CT molecular complexity index is 1900. The number of hydrogen-bond acceptors (Lipinski definition) is 8. The maximum absolute atomic E-state index is 13.5. The molecule has 0 aliphatic carbocycles. The Morgan fingerprint density at radius 1 is 0.949 bits per heavy atom. The van der Waals surface area contributed by atoms with Crippen molar-refractivity contribution in [3.8, 4) is 22.7 Å². The fourth-order valence-corrected chi connectivity index (χ4v) is 4.41. The second kappa shape index (κ2) is 9.82. The molecule has 3 aromatic heterocycles. The van der Waals surface area contributed by atoms with E-state index in [1.54, 1.807) is 42.1 Å². The number of para-hydroxylation sites is 1. The third kappa shape index (κ3) is 4.37. The van der Waals surface area contributed by atoms with Crippen LogP contribution >= 0.6 is 0 Å². The van der Waals surface area contributed by atoms with Gasteiger partial charge in [0.05, 0.1) is 40.5 Å². The van der Waals surface area contributed by atoms with Gasteiger partial charge < -0.3 is 9.47 Å². The normalized spacial score (nSPS) is 11.1. The lowest BCUT2D eigenvalue weighted by atomic mass is 10.1. The Morgan fingerprint density at radius 3 is 2.46 bits per heavy atom. The zero-order chi connectivity index (χ0) is 26.9. The molecule has 6 rings (SSSR count). The number of methoxy groups -OCH3 is 1. The molecular weight excluding hydrogens is 496 g/mol. The molecule has 0 N–H and O–H groups in total. The standard InChI is InChI=1S/C29H22N6O4/c1-18-26-23(29(37)39-17-34-28(36)22-10-6-7-11-24(22)31-33-34)16-25(19-12-14-21(38-2)15-13-19)30-27(26)35(32-18)20-8-4-3-5-9-20/h3-16H,17H2,1-2H3. The Morgan fingerprint density at radius 2 is 1.69 bits per heavy atom. The summed E-state index contributed by atoms with van der Waals surface area (Å²) in [6.07, 6.45) is 0. The number of rotatable bonds is 6. The van der Waals surface area contributed by atoms with Crippen LogP contribution < -0.4 is 10.3 Å². The van der Waals surface area contributed by atoms with E-state index in [1.807, 2.05) is 61.5 Å². The van der Waals surface area contributed by atoms with E-state index in [2.05, 4.69) is 15.4 Å². The number of carbonyl (C=O) groups is 1. The molecule has 0 fully saturated rings. The van der Waals surface area contributed by atoms with Crippen LogP contribution in [0.3, 0.4) is 0 Å². The summed E-state index contributed by atoms with van der Waals surface area (Å²) < 4.78 is 13.6. The quantitative estimate of drug-likeness (QED) is 0.300. The first kappa shape index (κ1) is 24.0. The van der Waals surface area contributed by atoms with Crippen molar-refractivity contribution in [1.29, 1.82) is 0 Å². The third-order valence-electron chi connectivity index (χ3n) is 6.37. The minimum Gasteiger partial charge on any atom is -0.497 e. The number of aromatic nitrogens is 6.